The van der Waals surface area contributed by atoms with Crippen LogP contribution in [0.15, 0.2) is 12.4 Å². The van der Waals surface area contributed by atoms with Gasteiger partial charge in [0.2, 0.25) is 5.91 Å². The van der Waals surface area contributed by atoms with Gasteiger partial charge in [-0.1, -0.05) is 5.21 Å². The highest BCUT2D eigenvalue weighted by atomic mass is 16.4. The first-order valence-corrected chi connectivity index (χ1v) is 6.07. The number of amides is 1. The number of carbonyl (C=O) groups is 3. The number of aromatic nitrogens is 3. The molecule has 0 unspecified atom stereocenters. The smallest absolute Gasteiger partial charge is 0.326 e. The Morgan fingerprint density at radius 3 is 2.55 bits per heavy atom. The monoisotopic (exact) mass is 284 g/mol. The zero-order chi connectivity index (χ0) is 15.0. The van der Waals surface area contributed by atoms with Gasteiger partial charge in [0.15, 0.2) is 0 Å². The number of rotatable bonds is 9. The molecule has 20 heavy (non-hydrogen) atoms. The van der Waals surface area contributed by atoms with E-state index in [4.69, 9.17) is 10.2 Å². The minimum absolute atomic E-state index is 0.0755. The van der Waals surface area contributed by atoms with Gasteiger partial charge in [-0.25, -0.2) is 4.79 Å². The zero-order valence-corrected chi connectivity index (χ0v) is 10.7. The molecule has 0 saturated heterocycles. The van der Waals surface area contributed by atoms with Crippen molar-refractivity contribution in [2.24, 2.45) is 0 Å². The van der Waals surface area contributed by atoms with E-state index >= 15 is 0 Å². The van der Waals surface area contributed by atoms with Gasteiger partial charge in [0.1, 0.15) is 6.04 Å². The summed E-state index contributed by atoms with van der Waals surface area (Å²) in [6.07, 6.45) is 3.29. The van der Waals surface area contributed by atoms with Crippen LogP contribution in [0.3, 0.4) is 0 Å². The van der Waals surface area contributed by atoms with E-state index in [0.29, 0.717) is 6.54 Å². The molecule has 1 heterocycles. The Labute approximate surface area is 114 Å². The van der Waals surface area contributed by atoms with Crippen molar-refractivity contribution in [1.29, 1.82) is 0 Å². The first-order chi connectivity index (χ1) is 9.49. The van der Waals surface area contributed by atoms with Crippen LogP contribution in [0.1, 0.15) is 25.7 Å². The van der Waals surface area contributed by atoms with Gasteiger partial charge in [-0.05, 0) is 12.8 Å². The number of nitrogens with zero attached hydrogens (tertiary/aromatic N) is 3. The van der Waals surface area contributed by atoms with Crippen LogP contribution in [-0.4, -0.2) is 49.1 Å². The van der Waals surface area contributed by atoms with E-state index in [0.717, 1.165) is 0 Å². The summed E-state index contributed by atoms with van der Waals surface area (Å²) in [5, 5.41) is 27.1. The van der Waals surface area contributed by atoms with Gasteiger partial charge < -0.3 is 15.5 Å². The maximum absolute atomic E-state index is 11.6. The first-order valence-electron chi connectivity index (χ1n) is 6.07. The van der Waals surface area contributed by atoms with Crippen LogP contribution in [-0.2, 0) is 20.9 Å². The molecule has 0 aliphatic heterocycles. The number of hydrogen-bond donors (Lipinski definition) is 3. The quantitative estimate of drug-likeness (QED) is 0.556. The summed E-state index contributed by atoms with van der Waals surface area (Å²) in [4.78, 5) is 32.9. The van der Waals surface area contributed by atoms with Crippen LogP contribution in [0, 0.1) is 0 Å². The summed E-state index contributed by atoms with van der Waals surface area (Å²) >= 11 is 0. The molecular formula is C11H16N4O5. The Bertz CT molecular complexity index is 459. The lowest BCUT2D eigenvalue weighted by Gasteiger charge is -2.13. The van der Waals surface area contributed by atoms with Crippen LogP contribution >= 0.6 is 0 Å². The molecule has 0 saturated carbocycles. The summed E-state index contributed by atoms with van der Waals surface area (Å²) < 4.78 is 1.46. The summed E-state index contributed by atoms with van der Waals surface area (Å²) in [5.74, 6) is -2.60. The van der Waals surface area contributed by atoms with E-state index in [1.54, 1.807) is 6.20 Å². The van der Waals surface area contributed by atoms with Crippen LogP contribution in [0.25, 0.3) is 0 Å². The van der Waals surface area contributed by atoms with Gasteiger partial charge in [-0.2, -0.15) is 0 Å². The molecule has 1 aromatic heterocycles. The standard InChI is InChI=1S/C11H16N4O5/c16-9(4-6-15-7-5-12-14-15)13-8(11(19)20)2-1-3-10(17)18/h5,7-8H,1-4,6H2,(H,13,16)(H,17,18)(H,19,20)/t8-/m1/s1. The molecule has 1 aromatic rings. The SMILES string of the molecule is O=C(O)CCC[C@@H](NC(=O)CCn1ccnn1)C(=O)O. The second-order valence-corrected chi connectivity index (χ2v) is 4.16. The van der Waals surface area contributed by atoms with Crippen molar-refractivity contribution >= 4 is 17.8 Å². The third-order valence-corrected chi connectivity index (χ3v) is 2.56. The van der Waals surface area contributed by atoms with Crippen molar-refractivity contribution in [1.82, 2.24) is 20.3 Å². The number of carboxylic acids is 2. The average Bonchev–Trinajstić information content (AvgIpc) is 2.87. The summed E-state index contributed by atoms with van der Waals surface area (Å²) in [6, 6.07) is -1.07. The van der Waals surface area contributed by atoms with Crippen LogP contribution in [0.5, 0.6) is 0 Å². The minimum atomic E-state index is -1.18. The van der Waals surface area contributed by atoms with Crippen LogP contribution in [0.2, 0.25) is 0 Å². The fraction of sp³-hybridized carbons (Fsp3) is 0.545. The largest absolute Gasteiger partial charge is 0.481 e. The molecule has 1 atom stereocenters. The van der Waals surface area contributed by atoms with Gasteiger partial charge in [-0.3, -0.25) is 14.3 Å². The fourth-order valence-corrected chi connectivity index (χ4v) is 1.55. The molecule has 1 rings (SSSR count). The lowest BCUT2D eigenvalue weighted by Crippen LogP contribution is -2.41. The highest BCUT2D eigenvalue weighted by Crippen LogP contribution is 2.02. The Balaban J connectivity index is 2.34. The maximum atomic E-state index is 11.6. The Kier molecular flexibility index (Phi) is 6.14. The minimum Gasteiger partial charge on any atom is -0.481 e. The van der Waals surface area contributed by atoms with Crippen molar-refractivity contribution < 1.29 is 24.6 Å². The molecule has 0 fully saturated rings. The van der Waals surface area contributed by atoms with Crippen molar-refractivity contribution in [2.45, 2.75) is 38.3 Å². The molecule has 0 aromatic carbocycles. The molecule has 0 spiro atoms. The van der Waals surface area contributed by atoms with E-state index < -0.39 is 23.9 Å². The molecule has 1 amide bonds. The number of nitrogens with one attached hydrogen (secondary N) is 1. The van der Waals surface area contributed by atoms with Crippen LogP contribution in [0.4, 0.5) is 0 Å². The van der Waals surface area contributed by atoms with Gasteiger partial charge in [0, 0.05) is 19.0 Å². The van der Waals surface area contributed by atoms with Crippen molar-refractivity contribution in [3.05, 3.63) is 12.4 Å². The van der Waals surface area contributed by atoms with E-state index in [1.807, 2.05) is 0 Å². The second kappa shape index (κ2) is 7.87. The van der Waals surface area contributed by atoms with Crippen molar-refractivity contribution in [2.75, 3.05) is 0 Å². The summed E-state index contributed by atoms with van der Waals surface area (Å²) in [6.45, 7) is 0.299. The fourth-order valence-electron chi connectivity index (χ4n) is 1.55. The normalized spacial score (nSPS) is 11.8. The molecule has 3 N–H and O–H groups in total. The number of aliphatic carboxylic acids is 2. The van der Waals surface area contributed by atoms with Gasteiger partial charge in [0.05, 0.1) is 12.7 Å². The van der Waals surface area contributed by atoms with Crippen molar-refractivity contribution in [3.8, 4) is 0 Å². The number of carboxylic acid groups (broad SMARTS) is 2. The Morgan fingerprint density at radius 1 is 1.25 bits per heavy atom. The molecule has 0 aliphatic rings. The highest BCUT2D eigenvalue weighted by molar-refractivity contribution is 5.83. The molecule has 0 bridgehead atoms. The molecule has 9 heteroatoms. The Morgan fingerprint density at radius 2 is 2.00 bits per heavy atom. The van der Waals surface area contributed by atoms with E-state index in [2.05, 4.69) is 15.6 Å². The summed E-state index contributed by atoms with van der Waals surface area (Å²) in [5.41, 5.74) is 0. The molecule has 0 aliphatic carbocycles. The van der Waals surface area contributed by atoms with Crippen molar-refractivity contribution in [3.63, 3.8) is 0 Å². The maximum Gasteiger partial charge on any atom is 0.326 e. The van der Waals surface area contributed by atoms with Crippen LogP contribution < -0.4 is 5.32 Å². The molecule has 9 nitrogen and oxygen atoms in total. The van der Waals surface area contributed by atoms with E-state index in [-0.39, 0.29) is 25.7 Å². The number of hydrogen-bond acceptors (Lipinski definition) is 5. The zero-order valence-electron chi connectivity index (χ0n) is 10.7. The molecule has 110 valence electrons. The lowest BCUT2D eigenvalue weighted by atomic mass is 10.1. The van der Waals surface area contributed by atoms with Gasteiger partial charge in [0.25, 0.3) is 0 Å². The molecular weight excluding hydrogens is 268 g/mol. The summed E-state index contributed by atoms with van der Waals surface area (Å²) in [7, 11) is 0. The first kappa shape index (κ1) is 15.6. The topological polar surface area (TPSA) is 134 Å². The highest BCUT2D eigenvalue weighted by Gasteiger charge is 2.19. The molecule has 0 radical (unpaired) electrons. The van der Waals surface area contributed by atoms with E-state index in [1.165, 1.54) is 10.9 Å². The number of carbonyl (C=O) groups excluding carboxylic acids is 1. The van der Waals surface area contributed by atoms with E-state index in [9.17, 15) is 14.4 Å². The lowest BCUT2D eigenvalue weighted by molar-refractivity contribution is -0.142. The number of aryl methyl sites for hydroxylation is 1. The second-order valence-electron chi connectivity index (χ2n) is 4.16. The predicted octanol–water partition coefficient (Wildman–Crippen LogP) is -0.507. The third kappa shape index (κ3) is 5.94. The third-order valence-electron chi connectivity index (χ3n) is 2.56. The van der Waals surface area contributed by atoms with Gasteiger partial charge >= 0.3 is 11.9 Å². The predicted molar refractivity (Wildman–Crippen MR) is 65.7 cm³/mol. The Hall–Kier alpha value is -2.45. The van der Waals surface area contributed by atoms with Gasteiger partial charge in [-0.15, -0.1) is 5.10 Å². The average molecular weight is 284 g/mol.